The van der Waals surface area contributed by atoms with Gasteiger partial charge in [0.25, 0.3) is 0 Å². The molecular formula is H6BaMoO4. The fourth-order valence-corrected chi connectivity index (χ4v) is 0. The zero-order valence-electron chi connectivity index (χ0n) is 3.01. The molecule has 0 fully saturated rings. The van der Waals surface area contributed by atoms with Crippen LogP contribution in [0.15, 0.2) is 0 Å². The molecule has 0 heterocycles. The van der Waals surface area contributed by atoms with Gasteiger partial charge >= 0.3 is 48.9 Å². The van der Waals surface area contributed by atoms with E-state index in [0.29, 0.717) is 0 Å². The summed E-state index contributed by atoms with van der Waals surface area (Å²) in [5.74, 6) is 0. The van der Waals surface area contributed by atoms with Gasteiger partial charge in [0.2, 0.25) is 0 Å². The molecule has 0 bridgehead atoms. The average Bonchev–Trinajstić information content (AvgIpc) is 0. The van der Waals surface area contributed by atoms with E-state index in [1.165, 1.54) is 0 Å². The fraction of sp³-hybridized carbons (Fsp3) is 0. The molecule has 0 aliphatic rings. The molecule has 6 heteroatoms. The first kappa shape index (κ1) is 92.6. The summed E-state index contributed by atoms with van der Waals surface area (Å²) in [6, 6.07) is 0. The van der Waals surface area contributed by atoms with Crippen LogP contribution in [-0.2, 0) is 21.1 Å². The molecule has 0 aromatic rings. The zero-order chi connectivity index (χ0) is 0. The molecule has 6 N–H and O–H groups in total. The van der Waals surface area contributed by atoms with Gasteiger partial charge in [-0.15, -0.1) is 0 Å². The van der Waals surface area contributed by atoms with E-state index in [0.717, 1.165) is 0 Å². The Morgan fingerprint density at radius 1 is 0.667 bits per heavy atom. The summed E-state index contributed by atoms with van der Waals surface area (Å²) in [6.45, 7) is 0. The molecule has 0 aliphatic heterocycles. The van der Waals surface area contributed by atoms with E-state index in [-0.39, 0.29) is 91.9 Å². The minimum Gasteiger partial charge on any atom is -0.870 e. The van der Waals surface area contributed by atoms with Crippen molar-refractivity contribution in [3.05, 3.63) is 0 Å². The Morgan fingerprint density at radius 3 is 0.667 bits per heavy atom. The van der Waals surface area contributed by atoms with Gasteiger partial charge in [-0.1, -0.05) is 0 Å². The molecule has 0 unspecified atom stereocenters. The second-order valence-electron chi connectivity index (χ2n) is 0. The maximum atomic E-state index is 0. The predicted molar refractivity (Wildman–Crippen MR) is 16.9 cm³/mol. The van der Waals surface area contributed by atoms with Crippen molar-refractivity contribution in [1.29, 1.82) is 0 Å². The van der Waals surface area contributed by atoms with Crippen LogP contribution in [0.3, 0.4) is 0 Å². The Bertz CT molecular complexity index is 7.51. The molecule has 0 spiro atoms. The number of hydrogen-bond acceptors (Lipinski definition) is 2. The normalized spacial score (nSPS) is 0. The Labute approximate surface area is 90.3 Å². The van der Waals surface area contributed by atoms with Crippen molar-refractivity contribution in [1.82, 2.24) is 0 Å². The van der Waals surface area contributed by atoms with Crippen LogP contribution < -0.4 is 0 Å². The first-order valence-electron chi connectivity index (χ1n) is 0. The van der Waals surface area contributed by atoms with Gasteiger partial charge in [-0.05, 0) is 0 Å². The molecule has 0 aliphatic carbocycles. The largest absolute Gasteiger partial charge is 2.00 e. The molecule has 0 aromatic heterocycles. The Kier molecular flexibility index (Phi) is 925. The molecule has 0 amide bonds. The predicted octanol–water partition coefficient (Wildman–Crippen LogP) is -2.39. The van der Waals surface area contributed by atoms with Crippen molar-refractivity contribution < 1.29 is 43.0 Å². The summed E-state index contributed by atoms with van der Waals surface area (Å²) < 4.78 is 0. The van der Waals surface area contributed by atoms with Crippen molar-refractivity contribution in [2.24, 2.45) is 0 Å². The standard InChI is InChI=1S/Ba.Mo.4H2O/h;;4*1H2/q+2;;;;;/p-2. The van der Waals surface area contributed by atoms with Crippen LogP contribution in [0, 0.1) is 0 Å². The number of rotatable bonds is 0. The van der Waals surface area contributed by atoms with Crippen LogP contribution in [0.5, 0.6) is 0 Å². The third-order valence-corrected chi connectivity index (χ3v) is 0. The third-order valence-electron chi connectivity index (χ3n) is 0. The van der Waals surface area contributed by atoms with Crippen molar-refractivity contribution in [3.63, 3.8) is 0 Å². The zero-order valence-corrected chi connectivity index (χ0v) is 9.46. The summed E-state index contributed by atoms with van der Waals surface area (Å²) in [5, 5.41) is 0. The molecule has 6 heavy (non-hydrogen) atoms. The Morgan fingerprint density at radius 2 is 0.667 bits per heavy atom. The first-order valence-corrected chi connectivity index (χ1v) is 0. The molecule has 0 radical (unpaired) electrons. The van der Waals surface area contributed by atoms with Gasteiger partial charge in [0.05, 0.1) is 0 Å². The van der Waals surface area contributed by atoms with E-state index < -0.39 is 0 Å². The number of hydrogen-bond donors (Lipinski definition) is 0. The van der Waals surface area contributed by atoms with Gasteiger partial charge in [-0.25, -0.2) is 0 Å². The van der Waals surface area contributed by atoms with Crippen molar-refractivity contribution in [2.75, 3.05) is 0 Å². The molecule has 0 saturated carbocycles. The minimum atomic E-state index is 0. The fourth-order valence-electron chi connectivity index (χ4n) is 0. The van der Waals surface area contributed by atoms with Gasteiger partial charge in [0, 0.05) is 21.1 Å². The topological polar surface area (TPSA) is 123 Å². The Balaban J connectivity index is 0. The van der Waals surface area contributed by atoms with Crippen molar-refractivity contribution in [2.45, 2.75) is 0 Å². The van der Waals surface area contributed by atoms with Crippen LogP contribution in [0.25, 0.3) is 0 Å². The molecule has 0 saturated heterocycles. The van der Waals surface area contributed by atoms with E-state index in [9.17, 15) is 0 Å². The average molecular weight is 303 g/mol. The van der Waals surface area contributed by atoms with Crippen LogP contribution in [0.1, 0.15) is 0 Å². The van der Waals surface area contributed by atoms with Gasteiger partial charge in [0.1, 0.15) is 0 Å². The molecule has 0 rings (SSSR count). The van der Waals surface area contributed by atoms with E-state index in [4.69, 9.17) is 0 Å². The van der Waals surface area contributed by atoms with Gasteiger partial charge in [-0.3, -0.25) is 0 Å². The van der Waals surface area contributed by atoms with Crippen molar-refractivity contribution >= 4 is 48.9 Å². The van der Waals surface area contributed by atoms with Crippen LogP contribution in [-0.4, -0.2) is 70.8 Å². The SMILES string of the molecule is O.O.[Ba+2].[Mo].[OH-].[OH-]. The summed E-state index contributed by atoms with van der Waals surface area (Å²) in [5.41, 5.74) is 0. The summed E-state index contributed by atoms with van der Waals surface area (Å²) in [7, 11) is 0. The van der Waals surface area contributed by atoms with Crippen molar-refractivity contribution in [3.8, 4) is 0 Å². The van der Waals surface area contributed by atoms with Gasteiger partial charge in [0.15, 0.2) is 0 Å². The van der Waals surface area contributed by atoms with Crippen LogP contribution >= 0.6 is 0 Å². The van der Waals surface area contributed by atoms with E-state index in [2.05, 4.69) is 0 Å². The first-order chi connectivity index (χ1) is 0. The maximum absolute atomic E-state index is 0. The van der Waals surface area contributed by atoms with E-state index >= 15 is 0 Å². The van der Waals surface area contributed by atoms with Crippen LogP contribution in [0.4, 0.5) is 0 Å². The monoisotopic (exact) mass is 306 g/mol. The second kappa shape index (κ2) is 59.9. The summed E-state index contributed by atoms with van der Waals surface area (Å²) >= 11 is 0. The molecule has 0 aromatic carbocycles. The molecule has 38 valence electrons. The van der Waals surface area contributed by atoms with E-state index in [1.807, 2.05) is 0 Å². The molecule has 0 atom stereocenters. The van der Waals surface area contributed by atoms with Gasteiger partial charge < -0.3 is 21.9 Å². The Hall–Kier alpha value is 2.10. The molecular weight excluding hydrogens is 297 g/mol. The van der Waals surface area contributed by atoms with Crippen LogP contribution in [0.2, 0.25) is 0 Å². The quantitative estimate of drug-likeness (QED) is 0.463. The van der Waals surface area contributed by atoms with E-state index in [1.54, 1.807) is 0 Å². The van der Waals surface area contributed by atoms with Gasteiger partial charge in [-0.2, -0.15) is 0 Å². The summed E-state index contributed by atoms with van der Waals surface area (Å²) in [4.78, 5) is 0. The smallest absolute Gasteiger partial charge is 0.870 e. The minimum absolute atomic E-state index is 0. The molecule has 4 nitrogen and oxygen atoms in total. The second-order valence-corrected chi connectivity index (χ2v) is 0. The third kappa shape index (κ3) is 36.0. The maximum Gasteiger partial charge on any atom is 2.00 e. The summed E-state index contributed by atoms with van der Waals surface area (Å²) in [6.07, 6.45) is 0.